The van der Waals surface area contributed by atoms with E-state index in [-0.39, 0.29) is 23.1 Å². The van der Waals surface area contributed by atoms with Crippen molar-refractivity contribution >= 4 is 34.2 Å². The fourth-order valence-electron chi connectivity index (χ4n) is 2.49. The van der Waals surface area contributed by atoms with E-state index in [2.05, 4.69) is 10.1 Å². The molecule has 2 aromatic carbocycles. The molecule has 0 radical (unpaired) electrons. The number of fused-ring (bicyclic) bond motifs is 1. The zero-order valence-electron chi connectivity index (χ0n) is 14.5. The second-order valence-corrected chi connectivity index (χ2v) is 6.17. The van der Waals surface area contributed by atoms with E-state index < -0.39 is 18.1 Å². The summed E-state index contributed by atoms with van der Waals surface area (Å²) in [6.07, 6.45) is 0. The summed E-state index contributed by atoms with van der Waals surface area (Å²) in [6, 6.07) is 9.80. The maximum absolute atomic E-state index is 12.1. The Balaban J connectivity index is 1.65. The van der Waals surface area contributed by atoms with Crippen LogP contribution in [0.3, 0.4) is 0 Å². The lowest BCUT2D eigenvalue weighted by Crippen LogP contribution is -2.20. The third kappa shape index (κ3) is 4.77. The van der Waals surface area contributed by atoms with E-state index in [1.807, 2.05) is 0 Å². The molecular formula is C19H14ClF2NO5. The van der Waals surface area contributed by atoms with Crippen molar-refractivity contribution in [2.24, 2.45) is 0 Å². The fourth-order valence-corrected chi connectivity index (χ4v) is 2.71. The monoisotopic (exact) mass is 409 g/mol. The highest BCUT2D eigenvalue weighted by molar-refractivity contribution is 6.32. The summed E-state index contributed by atoms with van der Waals surface area (Å²) in [7, 11) is 0. The standard InChI is InChI=1S/C19H14ClF2NO5/c1-10-6-18(25)28-15-8-16(14(20)7-13(10)15)26-9-17(24)23-11-2-4-12(5-3-11)27-19(21)22/h2-8,19H,9H2,1H3,(H,23,24). The molecule has 0 bridgehead atoms. The molecule has 28 heavy (non-hydrogen) atoms. The smallest absolute Gasteiger partial charge is 0.387 e. The zero-order chi connectivity index (χ0) is 20.3. The molecule has 9 heteroatoms. The molecule has 0 saturated carbocycles. The number of aryl methyl sites for hydroxylation is 1. The Bertz CT molecular complexity index is 1070. The van der Waals surface area contributed by atoms with Crippen molar-refractivity contribution in [1.82, 2.24) is 0 Å². The van der Waals surface area contributed by atoms with Crippen molar-refractivity contribution in [1.29, 1.82) is 0 Å². The van der Waals surface area contributed by atoms with Crippen LogP contribution in [0, 0.1) is 6.92 Å². The predicted octanol–water partition coefficient (Wildman–Crippen LogP) is 4.37. The molecule has 1 N–H and O–H groups in total. The molecule has 0 saturated heterocycles. The van der Waals surface area contributed by atoms with Gasteiger partial charge in [0.2, 0.25) is 0 Å². The molecule has 0 aliphatic carbocycles. The molecule has 3 rings (SSSR count). The molecular weight excluding hydrogens is 396 g/mol. The van der Waals surface area contributed by atoms with Crippen LogP contribution in [0.2, 0.25) is 5.02 Å². The summed E-state index contributed by atoms with van der Waals surface area (Å²) in [5, 5.41) is 3.46. The minimum absolute atomic E-state index is 0.0241. The van der Waals surface area contributed by atoms with E-state index in [1.54, 1.807) is 13.0 Å². The number of halogens is 3. The normalized spacial score (nSPS) is 10.9. The maximum atomic E-state index is 12.1. The fraction of sp³-hybridized carbons (Fsp3) is 0.158. The number of carbonyl (C=O) groups is 1. The summed E-state index contributed by atoms with van der Waals surface area (Å²) < 4.78 is 39.0. The molecule has 1 heterocycles. The molecule has 0 spiro atoms. The molecule has 6 nitrogen and oxygen atoms in total. The van der Waals surface area contributed by atoms with E-state index in [4.69, 9.17) is 20.8 Å². The van der Waals surface area contributed by atoms with Crippen molar-refractivity contribution in [2.75, 3.05) is 11.9 Å². The highest BCUT2D eigenvalue weighted by Crippen LogP contribution is 2.31. The lowest BCUT2D eigenvalue weighted by Gasteiger charge is -2.11. The van der Waals surface area contributed by atoms with Gasteiger partial charge in [0, 0.05) is 23.2 Å². The van der Waals surface area contributed by atoms with Gasteiger partial charge in [-0.15, -0.1) is 0 Å². The highest BCUT2D eigenvalue weighted by Gasteiger charge is 2.11. The van der Waals surface area contributed by atoms with Crippen LogP contribution < -0.4 is 20.4 Å². The van der Waals surface area contributed by atoms with Gasteiger partial charge < -0.3 is 19.2 Å². The van der Waals surface area contributed by atoms with Crippen LogP contribution in [-0.2, 0) is 4.79 Å². The van der Waals surface area contributed by atoms with Gasteiger partial charge in [-0.05, 0) is 42.8 Å². The minimum Gasteiger partial charge on any atom is -0.482 e. The molecule has 0 unspecified atom stereocenters. The van der Waals surface area contributed by atoms with Gasteiger partial charge in [0.25, 0.3) is 5.91 Å². The number of anilines is 1. The lowest BCUT2D eigenvalue weighted by atomic mass is 10.1. The zero-order valence-corrected chi connectivity index (χ0v) is 15.3. The molecule has 0 aliphatic heterocycles. The first-order chi connectivity index (χ1) is 13.3. The van der Waals surface area contributed by atoms with E-state index in [1.165, 1.54) is 36.4 Å². The van der Waals surface area contributed by atoms with Gasteiger partial charge in [-0.3, -0.25) is 4.79 Å². The van der Waals surface area contributed by atoms with Crippen molar-refractivity contribution in [3.8, 4) is 11.5 Å². The second kappa shape index (κ2) is 8.26. The number of benzene rings is 2. The van der Waals surface area contributed by atoms with E-state index in [0.29, 0.717) is 22.2 Å². The Labute approximate surface area is 162 Å². The first-order valence-electron chi connectivity index (χ1n) is 8.03. The Morgan fingerprint density at radius 2 is 1.93 bits per heavy atom. The van der Waals surface area contributed by atoms with E-state index >= 15 is 0 Å². The number of nitrogens with one attached hydrogen (secondary N) is 1. The quantitative estimate of drug-likeness (QED) is 0.611. The molecule has 0 atom stereocenters. The number of alkyl halides is 2. The van der Waals surface area contributed by atoms with Crippen LogP contribution in [-0.4, -0.2) is 19.1 Å². The molecule has 1 aromatic heterocycles. The number of hydrogen-bond donors (Lipinski definition) is 1. The number of carbonyl (C=O) groups excluding carboxylic acids is 1. The first kappa shape index (κ1) is 19.6. The third-order valence-electron chi connectivity index (χ3n) is 3.73. The molecule has 0 aliphatic rings. The number of hydrogen-bond acceptors (Lipinski definition) is 5. The topological polar surface area (TPSA) is 77.8 Å². The number of amides is 1. The Kier molecular flexibility index (Phi) is 5.79. The summed E-state index contributed by atoms with van der Waals surface area (Å²) in [5.41, 5.74) is 0.868. The Hall–Kier alpha value is -3.13. The van der Waals surface area contributed by atoms with Gasteiger partial charge in [0.05, 0.1) is 5.02 Å². The summed E-state index contributed by atoms with van der Waals surface area (Å²) in [5.74, 6) is -0.341. The lowest BCUT2D eigenvalue weighted by molar-refractivity contribution is -0.118. The largest absolute Gasteiger partial charge is 0.482 e. The van der Waals surface area contributed by atoms with Crippen molar-refractivity contribution in [3.05, 3.63) is 63.5 Å². The molecule has 1 amide bonds. The van der Waals surface area contributed by atoms with Gasteiger partial charge in [-0.1, -0.05) is 11.6 Å². The van der Waals surface area contributed by atoms with E-state index in [9.17, 15) is 18.4 Å². The van der Waals surface area contributed by atoms with Crippen molar-refractivity contribution in [3.63, 3.8) is 0 Å². The number of rotatable bonds is 6. The van der Waals surface area contributed by atoms with Crippen LogP contribution in [0.15, 0.2) is 51.7 Å². The minimum atomic E-state index is -2.92. The third-order valence-corrected chi connectivity index (χ3v) is 4.02. The van der Waals surface area contributed by atoms with Crippen LogP contribution in [0.1, 0.15) is 5.56 Å². The summed E-state index contributed by atoms with van der Waals surface area (Å²) in [6.45, 7) is -1.54. The Morgan fingerprint density at radius 3 is 2.61 bits per heavy atom. The first-order valence-corrected chi connectivity index (χ1v) is 8.41. The predicted molar refractivity (Wildman–Crippen MR) is 99.4 cm³/mol. The number of ether oxygens (including phenoxy) is 2. The van der Waals surface area contributed by atoms with Gasteiger partial charge in [0.15, 0.2) is 6.61 Å². The SMILES string of the molecule is Cc1cc(=O)oc2cc(OCC(=O)Nc3ccc(OC(F)F)cc3)c(Cl)cc12. The van der Waals surface area contributed by atoms with Crippen LogP contribution in [0.4, 0.5) is 14.5 Å². The summed E-state index contributed by atoms with van der Waals surface area (Å²) in [4.78, 5) is 23.5. The highest BCUT2D eigenvalue weighted by atomic mass is 35.5. The van der Waals surface area contributed by atoms with Crippen molar-refractivity contribution in [2.45, 2.75) is 13.5 Å². The Morgan fingerprint density at radius 1 is 1.21 bits per heavy atom. The van der Waals surface area contributed by atoms with Crippen molar-refractivity contribution < 1.29 is 27.5 Å². The molecule has 3 aromatic rings. The van der Waals surface area contributed by atoms with Gasteiger partial charge >= 0.3 is 12.2 Å². The summed E-state index contributed by atoms with van der Waals surface area (Å²) >= 11 is 6.17. The molecule has 0 fully saturated rings. The van der Waals surface area contributed by atoms with Gasteiger partial charge in [-0.2, -0.15) is 8.78 Å². The maximum Gasteiger partial charge on any atom is 0.387 e. The van der Waals surface area contributed by atoms with Crippen LogP contribution >= 0.6 is 11.6 Å². The van der Waals surface area contributed by atoms with Crippen LogP contribution in [0.5, 0.6) is 11.5 Å². The van der Waals surface area contributed by atoms with Crippen LogP contribution in [0.25, 0.3) is 11.0 Å². The van der Waals surface area contributed by atoms with E-state index in [0.717, 1.165) is 0 Å². The molecule has 146 valence electrons. The van der Waals surface area contributed by atoms with Gasteiger partial charge in [0.1, 0.15) is 17.1 Å². The average molecular weight is 410 g/mol. The second-order valence-electron chi connectivity index (χ2n) is 5.77. The average Bonchev–Trinajstić information content (AvgIpc) is 2.62. The van der Waals surface area contributed by atoms with Gasteiger partial charge in [-0.25, -0.2) is 4.79 Å².